The van der Waals surface area contributed by atoms with Crippen molar-refractivity contribution >= 4 is 35.6 Å². The zero-order valence-corrected chi connectivity index (χ0v) is 18.6. The number of hydrogen-bond donors (Lipinski definition) is 3. The van der Waals surface area contributed by atoms with Crippen molar-refractivity contribution in [3.8, 4) is 0 Å². The van der Waals surface area contributed by atoms with Crippen molar-refractivity contribution in [1.82, 2.24) is 20.0 Å². The molecular weight excluding hydrogens is 465 g/mol. The van der Waals surface area contributed by atoms with Crippen molar-refractivity contribution in [1.29, 1.82) is 0 Å². The molecule has 3 N–H and O–H groups in total. The molecule has 0 aliphatic heterocycles. The molecule has 0 spiro atoms. The average Bonchev–Trinajstić information content (AvgIpc) is 3.12. The molecule has 1 atom stereocenters. The van der Waals surface area contributed by atoms with Gasteiger partial charge in [0.15, 0.2) is 5.96 Å². The largest absolute Gasteiger partial charge is 0.396 e. The van der Waals surface area contributed by atoms with Gasteiger partial charge in [0.25, 0.3) is 0 Å². The number of halogens is 1. The molecule has 1 unspecified atom stereocenters. The fraction of sp³-hybridized carbons (Fsp3) is 0.333. The molecule has 2 heterocycles. The molecule has 3 rings (SSSR count). The number of aliphatic imine (C=N–C) groups is 1. The van der Waals surface area contributed by atoms with E-state index >= 15 is 0 Å². The van der Waals surface area contributed by atoms with Crippen LogP contribution in [-0.2, 0) is 6.42 Å². The predicted octanol–water partition coefficient (Wildman–Crippen LogP) is 2.74. The quantitative estimate of drug-likeness (QED) is 0.269. The third-order valence-electron chi connectivity index (χ3n) is 4.63. The van der Waals surface area contributed by atoms with Crippen LogP contribution in [0.25, 0.3) is 5.65 Å². The number of aromatic nitrogens is 2. The standard InChI is InChI=1S/C21H27N5O.HI/c1-16-7-6-12-26-14-19(25-20(16)26)10-11-23-21(22-2)24-13-18(15-27)17-8-4-3-5-9-17;/h3-9,12,14,18,27H,10-11,13,15H2,1-2H3,(H2,22,23,24);1H. The normalized spacial score (nSPS) is 12.5. The SMILES string of the molecule is CN=C(NCCc1cn2cccc(C)c2n1)NCC(CO)c1ccccc1.I. The Kier molecular flexibility index (Phi) is 8.72. The Labute approximate surface area is 183 Å². The molecular formula is C21H28IN5O. The summed E-state index contributed by atoms with van der Waals surface area (Å²) in [5.74, 6) is 0.760. The number of aryl methyl sites for hydroxylation is 1. The molecule has 0 bridgehead atoms. The van der Waals surface area contributed by atoms with Gasteiger partial charge in [-0.25, -0.2) is 4.98 Å². The van der Waals surface area contributed by atoms with Crippen LogP contribution in [0.1, 0.15) is 22.7 Å². The van der Waals surface area contributed by atoms with E-state index in [-0.39, 0.29) is 36.5 Å². The summed E-state index contributed by atoms with van der Waals surface area (Å²) in [6.45, 7) is 3.51. The van der Waals surface area contributed by atoms with E-state index in [2.05, 4.69) is 39.2 Å². The highest BCUT2D eigenvalue weighted by Crippen LogP contribution is 2.13. The van der Waals surface area contributed by atoms with Gasteiger partial charge in [-0.2, -0.15) is 0 Å². The Balaban J connectivity index is 0.00000280. The van der Waals surface area contributed by atoms with Gasteiger partial charge in [0.2, 0.25) is 0 Å². The zero-order valence-electron chi connectivity index (χ0n) is 16.3. The summed E-state index contributed by atoms with van der Waals surface area (Å²) in [7, 11) is 1.75. The summed E-state index contributed by atoms with van der Waals surface area (Å²) in [6, 6.07) is 14.1. The van der Waals surface area contributed by atoms with Crippen molar-refractivity contribution in [2.24, 2.45) is 4.99 Å². The third-order valence-corrected chi connectivity index (χ3v) is 4.63. The highest BCUT2D eigenvalue weighted by Gasteiger charge is 2.11. The van der Waals surface area contributed by atoms with Crippen LogP contribution in [0.2, 0.25) is 0 Å². The van der Waals surface area contributed by atoms with Crippen molar-refractivity contribution in [2.75, 3.05) is 26.7 Å². The number of guanidine groups is 1. The molecule has 28 heavy (non-hydrogen) atoms. The Hall–Kier alpha value is -2.13. The Morgan fingerprint density at radius 3 is 2.64 bits per heavy atom. The van der Waals surface area contributed by atoms with Gasteiger partial charge in [-0.3, -0.25) is 4.99 Å². The summed E-state index contributed by atoms with van der Waals surface area (Å²) in [6.07, 6.45) is 4.90. The van der Waals surface area contributed by atoms with Crippen LogP contribution in [0.5, 0.6) is 0 Å². The van der Waals surface area contributed by atoms with E-state index in [9.17, 15) is 5.11 Å². The molecule has 0 radical (unpaired) electrons. The van der Waals surface area contributed by atoms with Gasteiger partial charge >= 0.3 is 0 Å². The lowest BCUT2D eigenvalue weighted by Gasteiger charge is -2.18. The minimum atomic E-state index is 0. The second-order valence-corrected chi connectivity index (χ2v) is 6.57. The number of aliphatic hydroxyl groups excluding tert-OH is 1. The van der Waals surface area contributed by atoms with E-state index < -0.39 is 0 Å². The molecule has 0 fully saturated rings. The average molecular weight is 493 g/mol. The second kappa shape index (κ2) is 11.0. The molecule has 1 aromatic carbocycles. The Morgan fingerprint density at radius 1 is 1.18 bits per heavy atom. The van der Waals surface area contributed by atoms with E-state index in [1.165, 1.54) is 5.56 Å². The maximum absolute atomic E-state index is 9.67. The number of rotatable bonds is 7. The number of nitrogens with zero attached hydrogens (tertiary/aromatic N) is 3. The predicted molar refractivity (Wildman–Crippen MR) is 125 cm³/mol. The van der Waals surface area contributed by atoms with Crippen LogP contribution in [-0.4, -0.2) is 47.2 Å². The van der Waals surface area contributed by atoms with Gasteiger partial charge in [-0.05, 0) is 24.1 Å². The highest BCUT2D eigenvalue weighted by atomic mass is 127. The first kappa shape index (κ1) is 22.2. The number of fused-ring (bicyclic) bond motifs is 1. The van der Waals surface area contributed by atoms with Crippen LogP contribution in [0, 0.1) is 6.92 Å². The summed E-state index contributed by atoms with van der Waals surface area (Å²) in [4.78, 5) is 8.95. The topological polar surface area (TPSA) is 74.0 Å². The van der Waals surface area contributed by atoms with Crippen LogP contribution < -0.4 is 10.6 Å². The molecule has 7 heteroatoms. The summed E-state index contributed by atoms with van der Waals surface area (Å²) in [5.41, 5.74) is 4.33. The molecule has 0 saturated carbocycles. The van der Waals surface area contributed by atoms with Crippen LogP contribution in [0.4, 0.5) is 0 Å². The van der Waals surface area contributed by atoms with Crippen LogP contribution in [0.3, 0.4) is 0 Å². The molecule has 2 aromatic heterocycles. The summed E-state index contributed by atoms with van der Waals surface area (Å²) in [5, 5.41) is 16.3. The van der Waals surface area contributed by atoms with Crippen molar-refractivity contribution in [2.45, 2.75) is 19.3 Å². The minimum absolute atomic E-state index is 0. The molecule has 6 nitrogen and oxygen atoms in total. The first-order valence-corrected chi connectivity index (χ1v) is 9.24. The fourth-order valence-electron chi connectivity index (χ4n) is 3.09. The monoisotopic (exact) mass is 493 g/mol. The maximum atomic E-state index is 9.67. The zero-order chi connectivity index (χ0) is 19.1. The minimum Gasteiger partial charge on any atom is -0.396 e. The molecule has 0 amide bonds. The lowest BCUT2D eigenvalue weighted by molar-refractivity contribution is 0.265. The van der Waals surface area contributed by atoms with Crippen LogP contribution >= 0.6 is 24.0 Å². The number of hydrogen-bond acceptors (Lipinski definition) is 3. The number of pyridine rings is 1. The van der Waals surface area contributed by atoms with Gasteiger partial charge in [0.1, 0.15) is 5.65 Å². The lowest BCUT2D eigenvalue weighted by Crippen LogP contribution is -2.40. The van der Waals surface area contributed by atoms with Gasteiger partial charge in [-0.15, -0.1) is 24.0 Å². The summed E-state index contributed by atoms with van der Waals surface area (Å²) < 4.78 is 2.06. The van der Waals surface area contributed by atoms with E-state index in [0.29, 0.717) is 6.54 Å². The molecule has 3 aromatic rings. The van der Waals surface area contributed by atoms with Gasteiger partial charge < -0.3 is 20.1 Å². The van der Waals surface area contributed by atoms with Gasteiger partial charge in [-0.1, -0.05) is 36.4 Å². The lowest BCUT2D eigenvalue weighted by atomic mass is 10.0. The van der Waals surface area contributed by atoms with Crippen LogP contribution in [0.15, 0.2) is 59.9 Å². The van der Waals surface area contributed by atoms with E-state index in [1.807, 2.05) is 42.6 Å². The molecule has 0 aliphatic rings. The number of benzene rings is 1. The molecule has 0 aliphatic carbocycles. The Morgan fingerprint density at radius 2 is 1.96 bits per heavy atom. The fourth-order valence-corrected chi connectivity index (χ4v) is 3.09. The van der Waals surface area contributed by atoms with Gasteiger partial charge in [0.05, 0.1) is 12.3 Å². The van der Waals surface area contributed by atoms with Crippen molar-refractivity contribution < 1.29 is 5.11 Å². The van der Waals surface area contributed by atoms with E-state index in [0.717, 1.165) is 35.8 Å². The van der Waals surface area contributed by atoms with Gasteiger partial charge in [0, 0.05) is 44.9 Å². The first-order chi connectivity index (χ1) is 13.2. The second-order valence-electron chi connectivity index (χ2n) is 6.57. The number of nitrogens with one attached hydrogen (secondary N) is 2. The molecule has 0 saturated heterocycles. The van der Waals surface area contributed by atoms with Crippen molar-refractivity contribution in [3.63, 3.8) is 0 Å². The first-order valence-electron chi connectivity index (χ1n) is 9.24. The van der Waals surface area contributed by atoms with E-state index in [1.54, 1.807) is 7.05 Å². The van der Waals surface area contributed by atoms with Crippen molar-refractivity contribution in [3.05, 3.63) is 71.7 Å². The third kappa shape index (κ3) is 5.68. The number of aliphatic hydroxyl groups is 1. The highest BCUT2D eigenvalue weighted by molar-refractivity contribution is 14.0. The van der Waals surface area contributed by atoms with E-state index in [4.69, 9.17) is 4.98 Å². The maximum Gasteiger partial charge on any atom is 0.191 e. The number of imidazole rings is 1. The Bertz CT molecular complexity index is 894. The smallest absolute Gasteiger partial charge is 0.191 e. The molecule has 150 valence electrons. The summed E-state index contributed by atoms with van der Waals surface area (Å²) >= 11 is 0.